The molecule has 0 radical (unpaired) electrons. The van der Waals surface area contributed by atoms with E-state index in [1.54, 1.807) is 31.2 Å². The molecule has 8 heteroatoms. The van der Waals surface area contributed by atoms with Crippen LogP contribution in [0.2, 0.25) is 0 Å². The van der Waals surface area contributed by atoms with E-state index in [1.165, 1.54) is 19.2 Å². The van der Waals surface area contributed by atoms with Crippen molar-refractivity contribution in [1.82, 2.24) is 4.98 Å². The maximum Gasteiger partial charge on any atom is 0.418 e. The molecular formula is C19H17F3N2O3. The van der Waals surface area contributed by atoms with Crippen LogP contribution in [0, 0.1) is 0 Å². The van der Waals surface area contributed by atoms with E-state index in [-0.39, 0.29) is 23.2 Å². The van der Waals surface area contributed by atoms with E-state index in [2.05, 4.69) is 10.3 Å². The fraction of sp³-hybridized carbons (Fsp3) is 0.211. The van der Waals surface area contributed by atoms with Crippen molar-refractivity contribution >= 4 is 28.2 Å². The monoisotopic (exact) mass is 378 g/mol. The molecule has 0 amide bonds. The van der Waals surface area contributed by atoms with E-state index in [9.17, 15) is 18.0 Å². The highest BCUT2D eigenvalue weighted by Crippen LogP contribution is 2.38. The summed E-state index contributed by atoms with van der Waals surface area (Å²) in [5, 5.41) is 3.30. The van der Waals surface area contributed by atoms with E-state index < -0.39 is 17.7 Å². The van der Waals surface area contributed by atoms with Gasteiger partial charge in [0, 0.05) is 22.8 Å². The highest BCUT2D eigenvalue weighted by atomic mass is 19.4. The molecule has 142 valence electrons. The van der Waals surface area contributed by atoms with Crippen molar-refractivity contribution in [3.8, 4) is 5.75 Å². The summed E-state index contributed by atoms with van der Waals surface area (Å²) < 4.78 is 50.1. The first kappa shape index (κ1) is 18.6. The summed E-state index contributed by atoms with van der Waals surface area (Å²) in [7, 11) is 1.52. The number of esters is 1. The molecule has 0 aliphatic rings. The molecule has 3 rings (SSSR count). The SMILES string of the molecule is CCOC(=O)c1cc2c(Nc3cccc(OC)c3)ccc(C(F)(F)F)c2[nH]1. The molecular weight excluding hydrogens is 361 g/mol. The Morgan fingerprint density at radius 1 is 1.19 bits per heavy atom. The number of carbonyl (C=O) groups excluding carboxylic acids is 1. The van der Waals surface area contributed by atoms with Gasteiger partial charge in [0.25, 0.3) is 0 Å². The fourth-order valence-corrected chi connectivity index (χ4v) is 2.74. The lowest BCUT2D eigenvalue weighted by molar-refractivity contribution is -0.136. The van der Waals surface area contributed by atoms with Crippen LogP contribution in [0.5, 0.6) is 5.75 Å². The zero-order valence-corrected chi connectivity index (χ0v) is 14.6. The molecule has 27 heavy (non-hydrogen) atoms. The largest absolute Gasteiger partial charge is 0.497 e. The van der Waals surface area contributed by atoms with E-state index in [0.717, 1.165) is 6.07 Å². The second-order valence-corrected chi connectivity index (χ2v) is 5.71. The Morgan fingerprint density at radius 2 is 1.96 bits per heavy atom. The number of rotatable bonds is 5. The van der Waals surface area contributed by atoms with Gasteiger partial charge < -0.3 is 19.8 Å². The predicted molar refractivity (Wildman–Crippen MR) is 95.5 cm³/mol. The standard InChI is InChI=1S/C19H17F3N2O3/c1-3-27-18(25)16-10-13-15(23-11-5-4-6-12(9-11)26-2)8-7-14(17(13)24-16)19(20,21)22/h4-10,23-24H,3H2,1-2H3. The highest BCUT2D eigenvalue weighted by molar-refractivity contribution is 6.02. The van der Waals surface area contributed by atoms with Crippen LogP contribution in [0.25, 0.3) is 10.9 Å². The summed E-state index contributed by atoms with van der Waals surface area (Å²) in [5.41, 5.74) is -0.0349. The van der Waals surface area contributed by atoms with Crippen LogP contribution in [-0.2, 0) is 10.9 Å². The molecule has 0 aliphatic heterocycles. The molecule has 0 bridgehead atoms. The smallest absolute Gasteiger partial charge is 0.418 e. The van der Waals surface area contributed by atoms with E-state index in [4.69, 9.17) is 9.47 Å². The number of halogens is 3. The molecule has 0 spiro atoms. The van der Waals surface area contributed by atoms with Gasteiger partial charge in [-0.2, -0.15) is 13.2 Å². The number of nitrogens with one attached hydrogen (secondary N) is 2. The average Bonchev–Trinajstić information content (AvgIpc) is 3.07. The van der Waals surface area contributed by atoms with Crippen molar-refractivity contribution in [2.75, 3.05) is 19.0 Å². The summed E-state index contributed by atoms with van der Waals surface area (Å²) in [5.74, 6) is -0.112. The van der Waals surface area contributed by atoms with Crippen LogP contribution < -0.4 is 10.1 Å². The van der Waals surface area contributed by atoms with Crippen LogP contribution in [0.1, 0.15) is 23.0 Å². The Balaban J connectivity index is 2.11. The van der Waals surface area contributed by atoms with Crippen molar-refractivity contribution in [1.29, 1.82) is 0 Å². The minimum atomic E-state index is -4.57. The molecule has 5 nitrogen and oxygen atoms in total. The molecule has 0 fully saturated rings. The van der Waals surface area contributed by atoms with Crippen LogP contribution in [0.15, 0.2) is 42.5 Å². The number of hydrogen-bond donors (Lipinski definition) is 2. The van der Waals surface area contributed by atoms with Crippen molar-refractivity contribution in [3.63, 3.8) is 0 Å². The van der Waals surface area contributed by atoms with Crippen molar-refractivity contribution in [3.05, 3.63) is 53.7 Å². The van der Waals surface area contributed by atoms with Gasteiger partial charge in [-0.05, 0) is 37.3 Å². The number of benzene rings is 2. The Labute approximate surface area is 153 Å². The molecule has 1 heterocycles. The molecule has 3 aromatic rings. The minimum Gasteiger partial charge on any atom is -0.497 e. The summed E-state index contributed by atoms with van der Waals surface area (Å²) in [6.07, 6.45) is -4.57. The number of alkyl halides is 3. The number of fused-ring (bicyclic) bond motifs is 1. The maximum absolute atomic E-state index is 13.4. The van der Waals surface area contributed by atoms with Crippen LogP contribution in [-0.4, -0.2) is 24.7 Å². The Morgan fingerprint density at radius 3 is 2.63 bits per heavy atom. The molecule has 0 aliphatic carbocycles. The summed E-state index contributed by atoms with van der Waals surface area (Å²) in [6, 6.07) is 10.6. The van der Waals surface area contributed by atoms with Crippen molar-refractivity contribution < 1.29 is 27.4 Å². The van der Waals surface area contributed by atoms with E-state index in [1.807, 2.05) is 0 Å². The number of H-pyrrole nitrogens is 1. The predicted octanol–water partition coefficient (Wildman–Crippen LogP) is 5.12. The summed E-state index contributed by atoms with van der Waals surface area (Å²) in [4.78, 5) is 14.5. The lowest BCUT2D eigenvalue weighted by Gasteiger charge is -2.13. The number of ether oxygens (including phenoxy) is 2. The van der Waals surface area contributed by atoms with Gasteiger partial charge in [-0.1, -0.05) is 6.07 Å². The lowest BCUT2D eigenvalue weighted by atomic mass is 10.1. The fourth-order valence-electron chi connectivity index (χ4n) is 2.74. The molecule has 2 aromatic carbocycles. The van der Waals surface area contributed by atoms with Crippen LogP contribution in [0.3, 0.4) is 0 Å². The van der Waals surface area contributed by atoms with Gasteiger partial charge in [-0.25, -0.2) is 4.79 Å². The number of aromatic amines is 1. The van der Waals surface area contributed by atoms with Gasteiger partial charge >= 0.3 is 12.1 Å². The molecule has 0 saturated heterocycles. The summed E-state index contributed by atoms with van der Waals surface area (Å²) in [6.45, 7) is 1.74. The number of carbonyl (C=O) groups is 1. The molecule has 1 aromatic heterocycles. The maximum atomic E-state index is 13.4. The van der Waals surface area contributed by atoms with Gasteiger partial charge in [0.2, 0.25) is 0 Å². The second-order valence-electron chi connectivity index (χ2n) is 5.71. The van der Waals surface area contributed by atoms with Gasteiger partial charge in [0.1, 0.15) is 11.4 Å². The second kappa shape index (κ2) is 7.22. The normalized spacial score (nSPS) is 11.4. The first-order valence-corrected chi connectivity index (χ1v) is 8.14. The number of aromatic nitrogens is 1. The minimum absolute atomic E-state index is 0.0442. The van der Waals surface area contributed by atoms with Gasteiger partial charge in [-0.15, -0.1) is 0 Å². The Kier molecular flexibility index (Phi) is 4.98. The third-order valence-corrected chi connectivity index (χ3v) is 3.94. The van der Waals surface area contributed by atoms with Crippen molar-refractivity contribution in [2.24, 2.45) is 0 Å². The molecule has 2 N–H and O–H groups in total. The first-order valence-electron chi connectivity index (χ1n) is 8.14. The van der Waals surface area contributed by atoms with Crippen LogP contribution in [0.4, 0.5) is 24.5 Å². The van der Waals surface area contributed by atoms with Gasteiger partial charge in [0.05, 0.1) is 24.8 Å². The van der Waals surface area contributed by atoms with Gasteiger partial charge in [0.15, 0.2) is 0 Å². The average molecular weight is 378 g/mol. The quantitative estimate of drug-likeness (QED) is 0.605. The number of methoxy groups -OCH3 is 1. The van der Waals surface area contributed by atoms with Gasteiger partial charge in [-0.3, -0.25) is 0 Å². The summed E-state index contributed by atoms with van der Waals surface area (Å²) >= 11 is 0. The van der Waals surface area contributed by atoms with E-state index >= 15 is 0 Å². The third kappa shape index (κ3) is 3.84. The molecule has 0 saturated carbocycles. The van der Waals surface area contributed by atoms with Crippen LogP contribution >= 0.6 is 0 Å². The first-order chi connectivity index (χ1) is 12.8. The highest BCUT2D eigenvalue weighted by Gasteiger charge is 2.34. The topological polar surface area (TPSA) is 63.4 Å². The molecule has 0 unspecified atom stereocenters. The molecule has 0 atom stereocenters. The van der Waals surface area contributed by atoms with E-state index in [0.29, 0.717) is 17.1 Å². The Bertz CT molecular complexity index is 980. The zero-order chi connectivity index (χ0) is 19.6. The number of hydrogen-bond acceptors (Lipinski definition) is 4. The third-order valence-electron chi connectivity index (χ3n) is 3.94. The Hall–Kier alpha value is -3.16. The number of anilines is 2. The lowest BCUT2D eigenvalue weighted by Crippen LogP contribution is -2.07. The zero-order valence-electron chi connectivity index (χ0n) is 14.6. The van der Waals surface area contributed by atoms with Crippen molar-refractivity contribution in [2.45, 2.75) is 13.1 Å².